The number of hydrogen-bond acceptors (Lipinski definition) is 3. The molecule has 17 heavy (non-hydrogen) atoms. The predicted octanol–water partition coefficient (Wildman–Crippen LogP) is 1.40. The van der Waals surface area contributed by atoms with E-state index in [-0.39, 0.29) is 0 Å². The van der Waals surface area contributed by atoms with E-state index in [0.29, 0.717) is 0 Å². The summed E-state index contributed by atoms with van der Waals surface area (Å²) in [6.07, 6.45) is 5.80. The van der Waals surface area contributed by atoms with Gasteiger partial charge < -0.3 is 10.2 Å². The zero-order valence-corrected chi connectivity index (χ0v) is 11.6. The van der Waals surface area contributed by atoms with Crippen LogP contribution in [0, 0.1) is 5.92 Å². The second-order valence-corrected chi connectivity index (χ2v) is 5.93. The van der Waals surface area contributed by atoms with Crippen molar-refractivity contribution >= 4 is 0 Å². The molecule has 0 bridgehead atoms. The van der Waals surface area contributed by atoms with Crippen LogP contribution in [0.2, 0.25) is 0 Å². The third kappa shape index (κ3) is 4.23. The van der Waals surface area contributed by atoms with Crippen molar-refractivity contribution in [3.05, 3.63) is 0 Å². The molecule has 0 aromatic rings. The first-order chi connectivity index (χ1) is 8.25. The molecular formula is C14H29N3. The molecule has 2 rings (SSSR count). The molecule has 0 radical (unpaired) electrons. The van der Waals surface area contributed by atoms with Crippen LogP contribution >= 0.6 is 0 Å². The van der Waals surface area contributed by atoms with E-state index in [1.165, 1.54) is 65.0 Å². The first-order valence-electron chi connectivity index (χ1n) is 7.40. The van der Waals surface area contributed by atoms with Crippen molar-refractivity contribution in [3.63, 3.8) is 0 Å². The quantitative estimate of drug-likeness (QED) is 0.782. The minimum atomic E-state index is 0.727. The lowest BCUT2D eigenvalue weighted by atomic mass is 10.00. The lowest BCUT2D eigenvalue weighted by molar-refractivity contribution is 0.152. The van der Waals surface area contributed by atoms with Crippen LogP contribution in [0.4, 0.5) is 0 Å². The van der Waals surface area contributed by atoms with E-state index in [9.17, 15) is 0 Å². The van der Waals surface area contributed by atoms with Gasteiger partial charge in [-0.15, -0.1) is 0 Å². The Morgan fingerprint density at radius 3 is 2.41 bits per heavy atom. The Balaban J connectivity index is 1.56. The maximum absolute atomic E-state index is 3.73. The first kappa shape index (κ1) is 13.3. The average Bonchev–Trinajstić information content (AvgIpc) is 2.85. The van der Waals surface area contributed by atoms with Crippen LogP contribution in [0.1, 0.15) is 32.6 Å². The van der Waals surface area contributed by atoms with Crippen LogP contribution in [0.3, 0.4) is 0 Å². The summed E-state index contributed by atoms with van der Waals surface area (Å²) in [4.78, 5) is 5.01. The fourth-order valence-electron chi connectivity index (χ4n) is 3.15. The van der Waals surface area contributed by atoms with Gasteiger partial charge in [-0.25, -0.2) is 0 Å². The summed E-state index contributed by atoms with van der Waals surface area (Å²) in [6.45, 7) is 9.73. The highest BCUT2D eigenvalue weighted by Gasteiger charge is 2.21. The van der Waals surface area contributed by atoms with E-state index in [4.69, 9.17) is 0 Å². The number of likely N-dealkylation sites (N-methyl/N-ethyl adjacent to an activating group) is 1. The van der Waals surface area contributed by atoms with E-state index < -0.39 is 0 Å². The minimum absolute atomic E-state index is 0.727. The fourth-order valence-corrected chi connectivity index (χ4v) is 3.15. The molecule has 0 spiro atoms. The SMILES string of the molecule is C[C@@H](NCCN1CCN(C)CC1)C1CCCC1. The summed E-state index contributed by atoms with van der Waals surface area (Å²) in [6, 6.07) is 0.727. The minimum Gasteiger partial charge on any atom is -0.313 e. The molecule has 0 aromatic heterocycles. The van der Waals surface area contributed by atoms with Crippen molar-refractivity contribution in [2.75, 3.05) is 46.3 Å². The molecule has 1 aliphatic carbocycles. The molecule has 3 heteroatoms. The molecule has 0 unspecified atom stereocenters. The Kier molecular flexibility index (Phi) is 5.26. The summed E-state index contributed by atoms with van der Waals surface area (Å²) in [5, 5.41) is 3.73. The van der Waals surface area contributed by atoms with Crippen molar-refractivity contribution in [1.82, 2.24) is 15.1 Å². The van der Waals surface area contributed by atoms with E-state index in [0.717, 1.165) is 12.0 Å². The van der Waals surface area contributed by atoms with Gasteiger partial charge in [0.05, 0.1) is 0 Å². The molecule has 0 aromatic carbocycles. The van der Waals surface area contributed by atoms with Crippen LogP contribution in [0.5, 0.6) is 0 Å². The summed E-state index contributed by atoms with van der Waals surface area (Å²) >= 11 is 0. The highest BCUT2D eigenvalue weighted by atomic mass is 15.2. The largest absolute Gasteiger partial charge is 0.313 e. The first-order valence-corrected chi connectivity index (χ1v) is 7.40. The van der Waals surface area contributed by atoms with Gasteiger partial charge in [-0.2, -0.15) is 0 Å². The highest BCUT2D eigenvalue weighted by Crippen LogP contribution is 2.27. The topological polar surface area (TPSA) is 18.5 Å². The summed E-state index contributed by atoms with van der Waals surface area (Å²) in [5.41, 5.74) is 0. The molecule has 3 nitrogen and oxygen atoms in total. The monoisotopic (exact) mass is 239 g/mol. The predicted molar refractivity (Wildman–Crippen MR) is 73.4 cm³/mol. The highest BCUT2D eigenvalue weighted by molar-refractivity contribution is 4.78. The van der Waals surface area contributed by atoms with Crippen molar-refractivity contribution in [2.24, 2.45) is 5.92 Å². The molecule has 1 N–H and O–H groups in total. The third-order valence-corrected chi connectivity index (χ3v) is 4.60. The molecule has 2 aliphatic rings. The van der Waals surface area contributed by atoms with Gasteiger partial charge in [-0.1, -0.05) is 12.8 Å². The van der Waals surface area contributed by atoms with Gasteiger partial charge in [-0.3, -0.25) is 4.90 Å². The van der Waals surface area contributed by atoms with Crippen LogP contribution in [-0.2, 0) is 0 Å². The molecular weight excluding hydrogens is 210 g/mol. The number of hydrogen-bond donors (Lipinski definition) is 1. The fraction of sp³-hybridized carbons (Fsp3) is 1.00. The second kappa shape index (κ2) is 6.72. The van der Waals surface area contributed by atoms with Crippen LogP contribution in [0.25, 0.3) is 0 Å². The maximum Gasteiger partial charge on any atom is 0.0110 e. The van der Waals surface area contributed by atoms with Crippen molar-refractivity contribution in [3.8, 4) is 0 Å². The molecule has 0 amide bonds. The van der Waals surface area contributed by atoms with Gasteiger partial charge >= 0.3 is 0 Å². The Hall–Kier alpha value is -0.120. The molecule has 1 saturated heterocycles. The number of nitrogens with zero attached hydrogens (tertiary/aromatic N) is 2. The van der Waals surface area contributed by atoms with Gasteiger partial charge in [0.2, 0.25) is 0 Å². The molecule has 1 atom stereocenters. The summed E-state index contributed by atoms with van der Waals surface area (Å²) in [7, 11) is 2.22. The van der Waals surface area contributed by atoms with Crippen LogP contribution in [-0.4, -0.2) is 62.2 Å². The van der Waals surface area contributed by atoms with Crippen LogP contribution < -0.4 is 5.32 Å². The smallest absolute Gasteiger partial charge is 0.0110 e. The summed E-state index contributed by atoms with van der Waals surface area (Å²) in [5.74, 6) is 0.947. The Labute approximate surface area is 107 Å². The van der Waals surface area contributed by atoms with E-state index in [1.54, 1.807) is 0 Å². The Morgan fingerprint density at radius 2 is 1.76 bits per heavy atom. The van der Waals surface area contributed by atoms with Gasteiger partial charge in [0, 0.05) is 45.3 Å². The summed E-state index contributed by atoms with van der Waals surface area (Å²) < 4.78 is 0. The molecule has 1 heterocycles. The zero-order chi connectivity index (χ0) is 12.1. The van der Waals surface area contributed by atoms with Gasteiger partial charge in [0.1, 0.15) is 0 Å². The number of nitrogens with one attached hydrogen (secondary N) is 1. The number of rotatable bonds is 5. The van der Waals surface area contributed by atoms with Crippen molar-refractivity contribution in [2.45, 2.75) is 38.6 Å². The molecule has 2 fully saturated rings. The zero-order valence-electron chi connectivity index (χ0n) is 11.6. The van der Waals surface area contributed by atoms with Crippen molar-refractivity contribution in [1.29, 1.82) is 0 Å². The van der Waals surface area contributed by atoms with Crippen molar-refractivity contribution < 1.29 is 0 Å². The van der Waals surface area contributed by atoms with E-state index in [2.05, 4.69) is 29.1 Å². The van der Waals surface area contributed by atoms with E-state index >= 15 is 0 Å². The van der Waals surface area contributed by atoms with Gasteiger partial charge in [0.15, 0.2) is 0 Å². The lowest BCUT2D eigenvalue weighted by Gasteiger charge is -2.33. The van der Waals surface area contributed by atoms with Gasteiger partial charge in [0.25, 0.3) is 0 Å². The second-order valence-electron chi connectivity index (χ2n) is 5.93. The third-order valence-electron chi connectivity index (χ3n) is 4.60. The molecule has 1 aliphatic heterocycles. The normalized spacial score (nSPS) is 26.5. The van der Waals surface area contributed by atoms with E-state index in [1.807, 2.05) is 0 Å². The number of piperazine rings is 1. The Morgan fingerprint density at radius 1 is 1.12 bits per heavy atom. The maximum atomic E-state index is 3.73. The average molecular weight is 239 g/mol. The Bertz CT molecular complexity index is 206. The van der Waals surface area contributed by atoms with Crippen LogP contribution in [0.15, 0.2) is 0 Å². The van der Waals surface area contributed by atoms with Gasteiger partial charge in [-0.05, 0) is 32.7 Å². The lowest BCUT2D eigenvalue weighted by Crippen LogP contribution is -2.47. The molecule has 1 saturated carbocycles. The standard InChI is InChI=1S/C14H29N3/c1-13(14-5-3-4-6-14)15-7-8-17-11-9-16(2)10-12-17/h13-15H,3-12H2,1-2H3/t13-/m1/s1. The molecule has 100 valence electrons.